The molecule has 0 saturated carbocycles. The summed E-state index contributed by atoms with van der Waals surface area (Å²) in [5.41, 5.74) is 0. The quantitative estimate of drug-likeness (QED) is 0.797. The van der Waals surface area contributed by atoms with Crippen molar-refractivity contribution in [3.05, 3.63) is 9.35 Å². The molecule has 1 aromatic heterocycles. The molecular formula is C5H4BrF2NOS. The van der Waals surface area contributed by atoms with E-state index in [2.05, 4.69) is 20.3 Å². The van der Waals surface area contributed by atoms with Crippen molar-refractivity contribution in [2.24, 2.45) is 0 Å². The van der Waals surface area contributed by atoms with Crippen LogP contribution in [0.5, 0.6) is 5.88 Å². The number of hydrogen-bond donors (Lipinski definition) is 0. The van der Waals surface area contributed by atoms with Crippen molar-refractivity contribution in [2.75, 3.05) is 7.11 Å². The summed E-state index contributed by atoms with van der Waals surface area (Å²) in [4.78, 5) is -0.0955. The molecule has 0 radical (unpaired) electrons. The van der Waals surface area contributed by atoms with E-state index in [9.17, 15) is 8.78 Å². The summed E-state index contributed by atoms with van der Waals surface area (Å²) < 4.78 is 32.7. The van der Waals surface area contributed by atoms with Crippen molar-refractivity contribution in [1.82, 2.24) is 4.37 Å². The summed E-state index contributed by atoms with van der Waals surface area (Å²) in [5, 5.41) is 0. The molecule has 1 aromatic rings. The first-order chi connectivity index (χ1) is 5.16. The van der Waals surface area contributed by atoms with Crippen LogP contribution < -0.4 is 4.74 Å². The Morgan fingerprint density at radius 2 is 2.27 bits per heavy atom. The predicted molar refractivity (Wildman–Crippen MR) is 41.3 cm³/mol. The van der Waals surface area contributed by atoms with Gasteiger partial charge in [-0.25, -0.2) is 8.78 Å². The molecular weight excluding hydrogens is 240 g/mol. The van der Waals surface area contributed by atoms with Crippen LogP contribution in [-0.4, -0.2) is 11.5 Å². The number of rotatable bonds is 2. The molecule has 0 aromatic carbocycles. The second-order valence-electron chi connectivity index (χ2n) is 1.67. The van der Waals surface area contributed by atoms with Gasteiger partial charge in [-0.1, -0.05) is 0 Å². The molecule has 0 amide bonds. The summed E-state index contributed by atoms with van der Waals surface area (Å²) in [6, 6.07) is 0. The van der Waals surface area contributed by atoms with Crippen molar-refractivity contribution in [2.45, 2.75) is 6.43 Å². The lowest BCUT2D eigenvalue weighted by Gasteiger charge is -1.94. The molecule has 62 valence electrons. The number of alkyl halides is 2. The molecule has 0 aliphatic carbocycles. The lowest BCUT2D eigenvalue weighted by Crippen LogP contribution is -1.83. The van der Waals surface area contributed by atoms with E-state index in [4.69, 9.17) is 4.74 Å². The van der Waals surface area contributed by atoms with Crippen LogP contribution in [0.3, 0.4) is 0 Å². The van der Waals surface area contributed by atoms with Gasteiger partial charge in [0.1, 0.15) is 9.35 Å². The lowest BCUT2D eigenvalue weighted by atomic mass is 10.5. The van der Waals surface area contributed by atoms with Crippen LogP contribution in [-0.2, 0) is 0 Å². The minimum absolute atomic E-state index is 0.0955. The van der Waals surface area contributed by atoms with Crippen LogP contribution in [0.25, 0.3) is 0 Å². The highest BCUT2D eigenvalue weighted by Crippen LogP contribution is 2.37. The number of nitrogens with zero attached hydrogens (tertiary/aromatic N) is 1. The summed E-state index contributed by atoms with van der Waals surface area (Å²) in [7, 11) is 1.38. The topological polar surface area (TPSA) is 22.1 Å². The highest BCUT2D eigenvalue weighted by Gasteiger charge is 2.19. The largest absolute Gasteiger partial charge is 0.480 e. The zero-order valence-electron chi connectivity index (χ0n) is 5.47. The van der Waals surface area contributed by atoms with Gasteiger partial charge in [-0.3, -0.25) is 0 Å². The second kappa shape index (κ2) is 3.44. The fourth-order valence-electron chi connectivity index (χ4n) is 0.539. The molecule has 0 bridgehead atoms. The Hall–Kier alpha value is -0.230. The van der Waals surface area contributed by atoms with E-state index in [1.54, 1.807) is 0 Å². The Balaban J connectivity index is 3.00. The first-order valence-corrected chi connectivity index (χ1v) is 4.20. The Labute approximate surface area is 74.5 Å². The Morgan fingerprint density at radius 1 is 1.64 bits per heavy atom. The van der Waals surface area contributed by atoms with Gasteiger partial charge in [-0.2, -0.15) is 4.37 Å². The summed E-state index contributed by atoms with van der Waals surface area (Å²) >= 11 is 3.69. The maximum atomic E-state index is 12.1. The van der Waals surface area contributed by atoms with Crippen molar-refractivity contribution in [3.8, 4) is 5.88 Å². The van der Waals surface area contributed by atoms with E-state index in [1.165, 1.54) is 7.11 Å². The van der Waals surface area contributed by atoms with Crippen molar-refractivity contribution in [1.29, 1.82) is 0 Å². The molecule has 0 saturated heterocycles. The third-order valence-corrected chi connectivity index (χ3v) is 2.89. The standard InChI is InChI=1S/C5H4BrF2NOS/c1-10-5-2(6)3(4(7)8)11-9-5/h4H,1H3. The molecule has 0 spiro atoms. The van der Waals surface area contributed by atoms with E-state index in [1.807, 2.05) is 0 Å². The van der Waals surface area contributed by atoms with Gasteiger partial charge in [-0.15, -0.1) is 0 Å². The second-order valence-corrected chi connectivity index (χ2v) is 3.27. The molecule has 2 nitrogen and oxygen atoms in total. The van der Waals surface area contributed by atoms with Gasteiger partial charge >= 0.3 is 0 Å². The maximum absolute atomic E-state index is 12.1. The molecule has 0 N–H and O–H groups in total. The fraction of sp³-hybridized carbons (Fsp3) is 0.400. The van der Waals surface area contributed by atoms with Crippen molar-refractivity contribution < 1.29 is 13.5 Å². The van der Waals surface area contributed by atoms with Crippen LogP contribution in [0.2, 0.25) is 0 Å². The smallest absolute Gasteiger partial charge is 0.275 e. The summed E-state index contributed by atoms with van der Waals surface area (Å²) in [6.45, 7) is 0. The number of halogens is 3. The Kier molecular flexibility index (Phi) is 2.78. The monoisotopic (exact) mass is 243 g/mol. The number of hydrogen-bond acceptors (Lipinski definition) is 3. The number of aromatic nitrogens is 1. The SMILES string of the molecule is COc1nsc(C(F)F)c1Br. The van der Waals surface area contributed by atoms with Gasteiger partial charge in [0.2, 0.25) is 5.88 Å². The highest BCUT2D eigenvalue weighted by atomic mass is 79.9. The average Bonchev–Trinajstić information content (AvgIpc) is 2.30. The van der Waals surface area contributed by atoms with E-state index >= 15 is 0 Å². The van der Waals surface area contributed by atoms with E-state index in [0.717, 1.165) is 11.5 Å². The first kappa shape index (κ1) is 8.86. The van der Waals surface area contributed by atoms with Crippen LogP contribution in [0.15, 0.2) is 4.47 Å². The Morgan fingerprint density at radius 3 is 2.55 bits per heavy atom. The predicted octanol–water partition coefficient (Wildman–Crippen LogP) is 2.85. The first-order valence-electron chi connectivity index (χ1n) is 2.64. The molecule has 0 atom stereocenters. The molecule has 0 unspecified atom stereocenters. The van der Waals surface area contributed by atoms with Crippen LogP contribution in [0.4, 0.5) is 8.78 Å². The number of methoxy groups -OCH3 is 1. The highest BCUT2D eigenvalue weighted by molar-refractivity contribution is 9.10. The average molecular weight is 244 g/mol. The van der Waals surface area contributed by atoms with E-state index in [0.29, 0.717) is 0 Å². The van der Waals surface area contributed by atoms with Gasteiger partial charge in [0.25, 0.3) is 6.43 Å². The van der Waals surface area contributed by atoms with Crippen molar-refractivity contribution >= 4 is 27.5 Å². The minimum atomic E-state index is -2.49. The third-order valence-electron chi connectivity index (χ3n) is 1.02. The van der Waals surface area contributed by atoms with Crippen LogP contribution >= 0.6 is 27.5 Å². The lowest BCUT2D eigenvalue weighted by molar-refractivity contribution is 0.154. The van der Waals surface area contributed by atoms with Crippen molar-refractivity contribution in [3.63, 3.8) is 0 Å². The van der Waals surface area contributed by atoms with Gasteiger partial charge in [0.15, 0.2) is 0 Å². The molecule has 0 aliphatic heterocycles. The van der Waals surface area contributed by atoms with Gasteiger partial charge in [-0.05, 0) is 27.5 Å². The molecule has 1 heterocycles. The number of ether oxygens (including phenoxy) is 1. The molecule has 11 heavy (non-hydrogen) atoms. The molecule has 0 fully saturated rings. The van der Waals surface area contributed by atoms with Gasteiger partial charge in [0, 0.05) is 0 Å². The maximum Gasteiger partial charge on any atom is 0.275 e. The normalized spacial score (nSPS) is 10.6. The molecule has 0 aliphatic rings. The van der Waals surface area contributed by atoms with Gasteiger partial charge < -0.3 is 4.74 Å². The van der Waals surface area contributed by atoms with E-state index < -0.39 is 6.43 Å². The third kappa shape index (κ3) is 1.67. The summed E-state index contributed by atoms with van der Waals surface area (Å²) in [6.07, 6.45) is -2.49. The summed E-state index contributed by atoms with van der Waals surface area (Å²) in [5.74, 6) is 0.213. The zero-order valence-corrected chi connectivity index (χ0v) is 7.88. The fourth-order valence-corrected chi connectivity index (χ4v) is 1.89. The van der Waals surface area contributed by atoms with Gasteiger partial charge in [0.05, 0.1) is 7.11 Å². The minimum Gasteiger partial charge on any atom is -0.480 e. The van der Waals surface area contributed by atoms with Crippen LogP contribution in [0.1, 0.15) is 11.3 Å². The molecule has 1 rings (SSSR count). The van der Waals surface area contributed by atoms with E-state index in [-0.39, 0.29) is 15.2 Å². The van der Waals surface area contributed by atoms with Crippen LogP contribution in [0, 0.1) is 0 Å². The zero-order chi connectivity index (χ0) is 8.43. The molecule has 6 heteroatoms. The Bertz CT molecular complexity index is 253.